The van der Waals surface area contributed by atoms with E-state index in [4.69, 9.17) is 27.6 Å². The summed E-state index contributed by atoms with van der Waals surface area (Å²) in [6, 6.07) is 8.04. The summed E-state index contributed by atoms with van der Waals surface area (Å²) in [5.74, 6) is 0.774. The fraction of sp³-hybridized carbons (Fsp3) is 0.368. The van der Waals surface area contributed by atoms with Crippen molar-refractivity contribution in [3.63, 3.8) is 0 Å². The predicted octanol–water partition coefficient (Wildman–Crippen LogP) is 3.68. The smallest absolute Gasteiger partial charge is 0.289 e. The van der Waals surface area contributed by atoms with Gasteiger partial charge in [0, 0.05) is 31.2 Å². The number of nitrogens with one attached hydrogen (secondary N) is 1. The van der Waals surface area contributed by atoms with Gasteiger partial charge in [0.05, 0.1) is 16.8 Å². The molecule has 0 aliphatic carbocycles. The third-order valence-electron chi connectivity index (χ3n) is 4.67. The van der Waals surface area contributed by atoms with E-state index >= 15 is 0 Å². The highest BCUT2D eigenvalue weighted by atomic mass is 35.5. The Morgan fingerprint density at radius 2 is 1.81 bits per heavy atom. The minimum atomic E-state index is -0.358. The number of carbonyl (C=O) groups excluding carboxylic acids is 2. The number of anilines is 1. The van der Waals surface area contributed by atoms with Crippen molar-refractivity contribution >= 4 is 40.7 Å². The zero-order chi connectivity index (χ0) is 19.6. The van der Waals surface area contributed by atoms with Crippen LogP contribution in [0.2, 0.25) is 10.0 Å². The zero-order valence-corrected chi connectivity index (χ0v) is 16.7. The Kier molecular flexibility index (Phi) is 6.09. The summed E-state index contributed by atoms with van der Waals surface area (Å²) >= 11 is 12.1. The molecule has 6 nitrogen and oxygen atoms in total. The van der Waals surface area contributed by atoms with Gasteiger partial charge in [-0.3, -0.25) is 14.5 Å². The second-order valence-electron chi connectivity index (χ2n) is 6.53. The zero-order valence-electron chi connectivity index (χ0n) is 15.2. The van der Waals surface area contributed by atoms with E-state index in [0.717, 1.165) is 0 Å². The maximum absolute atomic E-state index is 12.6. The Hall–Kier alpha value is -2.02. The van der Waals surface area contributed by atoms with Crippen molar-refractivity contribution in [1.29, 1.82) is 0 Å². The molecule has 0 spiro atoms. The number of rotatable bonds is 4. The van der Waals surface area contributed by atoms with Gasteiger partial charge in [0.1, 0.15) is 5.76 Å². The van der Waals surface area contributed by atoms with Gasteiger partial charge in [0.25, 0.3) is 5.91 Å². The standard InChI is InChI=1S/C19H21Cl2N3O3/c1-12-3-6-17(27-12)19(26)24-9-7-23(8-10-24)13(2)18(25)22-16-11-14(20)4-5-15(16)21/h3-6,11,13H,7-10H2,1-2H3,(H,22,25). The van der Waals surface area contributed by atoms with E-state index in [9.17, 15) is 9.59 Å². The van der Waals surface area contributed by atoms with Crippen LogP contribution in [0.25, 0.3) is 0 Å². The quantitative estimate of drug-likeness (QED) is 0.835. The lowest BCUT2D eigenvalue weighted by Gasteiger charge is -2.37. The molecule has 27 heavy (non-hydrogen) atoms. The molecule has 1 aromatic carbocycles. The van der Waals surface area contributed by atoms with Crippen LogP contribution in [-0.4, -0.2) is 53.8 Å². The van der Waals surface area contributed by atoms with Crippen molar-refractivity contribution in [1.82, 2.24) is 9.80 Å². The molecule has 2 heterocycles. The minimum Gasteiger partial charge on any atom is -0.456 e. The van der Waals surface area contributed by atoms with E-state index in [-0.39, 0.29) is 17.9 Å². The third kappa shape index (κ3) is 4.64. The molecule has 1 aliphatic heterocycles. The van der Waals surface area contributed by atoms with Crippen LogP contribution in [0.15, 0.2) is 34.7 Å². The number of hydrogen-bond acceptors (Lipinski definition) is 4. The molecule has 1 atom stereocenters. The molecule has 1 aromatic heterocycles. The lowest BCUT2D eigenvalue weighted by molar-refractivity contribution is -0.121. The molecule has 1 unspecified atom stereocenters. The predicted molar refractivity (Wildman–Crippen MR) is 105 cm³/mol. The van der Waals surface area contributed by atoms with Crippen molar-refractivity contribution in [3.05, 3.63) is 51.9 Å². The highest BCUT2D eigenvalue weighted by molar-refractivity contribution is 6.35. The first-order valence-corrected chi connectivity index (χ1v) is 9.46. The summed E-state index contributed by atoms with van der Waals surface area (Å²) < 4.78 is 5.41. The molecule has 2 aromatic rings. The SMILES string of the molecule is Cc1ccc(C(=O)N2CCN(C(C)C(=O)Nc3cc(Cl)ccc3Cl)CC2)o1. The fourth-order valence-electron chi connectivity index (χ4n) is 3.01. The maximum Gasteiger partial charge on any atom is 0.289 e. The number of piperazine rings is 1. The normalized spacial score (nSPS) is 16.2. The van der Waals surface area contributed by atoms with Crippen LogP contribution in [0, 0.1) is 6.92 Å². The average molecular weight is 410 g/mol. The lowest BCUT2D eigenvalue weighted by atomic mass is 10.2. The number of hydrogen-bond donors (Lipinski definition) is 1. The maximum atomic E-state index is 12.6. The van der Waals surface area contributed by atoms with Crippen LogP contribution in [0.1, 0.15) is 23.2 Å². The van der Waals surface area contributed by atoms with Crippen molar-refractivity contribution in [3.8, 4) is 0 Å². The number of nitrogens with zero attached hydrogens (tertiary/aromatic N) is 2. The molecule has 2 amide bonds. The van der Waals surface area contributed by atoms with Gasteiger partial charge in [-0.25, -0.2) is 0 Å². The molecule has 144 valence electrons. The fourth-order valence-corrected chi connectivity index (χ4v) is 3.35. The van der Waals surface area contributed by atoms with Crippen molar-refractivity contribution in [2.45, 2.75) is 19.9 Å². The number of amides is 2. The van der Waals surface area contributed by atoms with Gasteiger partial charge < -0.3 is 14.6 Å². The van der Waals surface area contributed by atoms with Crippen molar-refractivity contribution in [2.24, 2.45) is 0 Å². The first-order valence-electron chi connectivity index (χ1n) is 8.71. The number of halogens is 2. The van der Waals surface area contributed by atoms with Gasteiger partial charge in [0.2, 0.25) is 5.91 Å². The summed E-state index contributed by atoms with van der Waals surface area (Å²) in [7, 11) is 0. The van der Waals surface area contributed by atoms with Crippen LogP contribution >= 0.6 is 23.2 Å². The Morgan fingerprint density at radius 1 is 1.11 bits per heavy atom. The van der Waals surface area contributed by atoms with Gasteiger partial charge in [-0.1, -0.05) is 23.2 Å². The molecule has 1 aliphatic rings. The summed E-state index contributed by atoms with van der Waals surface area (Å²) in [5.41, 5.74) is 0.489. The monoisotopic (exact) mass is 409 g/mol. The number of furan rings is 1. The number of aryl methyl sites for hydroxylation is 1. The Balaban J connectivity index is 1.56. The summed E-state index contributed by atoms with van der Waals surface area (Å²) in [4.78, 5) is 28.8. The van der Waals surface area contributed by atoms with E-state index in [1.54, 1.807) is 42.2 Å². The number of benzene rings is 1. The lowest BCUT2D eigenvalue weighted by Crippen LogP contribution is -2.54. The van der Waals surface area contributed by atoms with Crippen LogP contribution < -0.4 is 5.32 Å². The van der Waals surface area contributed by atoms with E-state index in [0.29, 0.717) is 53.4 Å². The Labute approximate surface area is 168 Å². The van der Waals surface area contributed by atoms with Crippen molar-refractivity contribution < 1.29 is 14.0 Å². The summed E-state index contributed by atoms with van der Waals surface area (Å²) in [6.07, 6.45) is 0. The molecule has 8 heteroatoms. The van der Waals surface area contributed by atoms with Crippen molar-refractivity contribution in [2.75, 3.05) is 31.5 Å². The molecule has 1 saturated heterocycles. The van der Waals surface area contributed by atoms with E-state index in [2.05, 4.69) is 5.32 Å². The molecule has 0 bridgehead atoms. The largest absolute Gasteiger partial charge is 0.456 e. The second-order valence-corrected chi connectivity index (χ2v) is 7.37. The molecule has 1 fully saturated rings. The first-order chi connectivity index (χ1) is 12.8. The van der Waals surface area contributed by atoms with Crippen LogP contribution in [0.5, 0.6) is 0 Å². The first kappa shape index (κ1) is 19.7. The van der Waals surface area contributed by atoms with Gasteiger partial charge in [-0.15, -0.1) is 0 Å². The van der Waals surface area contributed by atoms with Crippen LogP contribution in [0.3, 0.4) is 0 Å². The van der Waals surface area contributed by atoms with E-state index in [1.165, 1.54) is 0 Å². The summed E-state index contributed by atoms with van der Waals surface area (Å²) in [6.45, 7) is 5.91. The molecule has 1 N–H and O–H groups in total. The average Bonchev–Trinajstić information content (AvgIpc) is 3.10. The Morgan fingerprint density at radius 3 is 2.44 bits per heavy atom. The van der Waals surface area contributed by atoms with Gasteiger partial charge in [-0.2, -0.15) is 0 Å². The highest BCUT2D eigenvalue weighted by Crippen LogP contribution is 2.26. The molecule has 0 saturated carbocycles. The topological polar surface area (TPSA) is 65.8 Å². The van der Waals surface area contributed by atoms with E-state index < -0.39 is 0 Å². The molecular formula is C19H21Cl2N3O3. The van der Waals surface area contributed by atoms with Gasteiger partial charge in [-0.05, 0) is 44.2 Å². The number of carbonyl (C=O) groups is 2. The highest BCUT2D eigenvalue weighted by Gasteiger charge is 2.29. The second kappa shape index (κ2) is 8.33. The van der Waals surface area contributed by atoms with E-state index in [1.807, 2.05) is 11.8 Å². The minimum absolute atomic E-state index is 0.120. The van der Waals surface area contributed by atoms with Crippen LogP contribution in [0.4, 0.5) is 5.69 Å². The Bertz CT molecular complexity index is 844. The molecule has 0 radical (unpaired) electrons. The van der Waals surface area contributed by atoms with Crippen LogP contribution in [-0.2, 0) is 4.79 Å². The molecular weight excluding hydrogens is 389 g/mol. The van der Waals surface area contributed by atoms with Gasteiger partial charge in [0.15, 0.2) is 5.76 Å². The summed E-state index contributed by atoms with van der Waals surface area (Å²) in [5, 5.41) is 3.75. The third-order valence-corrected chi connectivity index (χ3v) is 5.23. The van der Waals surface area contributed by atoms with Gasteiger partial charge >= 0.3 is 0 Å². The molecule has 3 rings (SSSR count).